The van der Waals surface area contributed by atoms with Crippen molar-refractivity contribution in [1.29, 1.82) is 0 Å². The number of nitrogens with one attached hydrogen (secondary N) is 1. The number of piperidine rings is 1. The van der Waals surface area contributed by atoms with Crippen LogP contribution in [0.25, 0.3) is 16.6 Å². The third-order valence-electron chi connectivity index (χ3n) is 8.44. The van der Waals surface area contributed by atoms with E-state index in [0.29, 0.717) is 11.8 Å². The van der Waals surface area contributed by atoms with Gasteiger partial charge in [0.05, 0.1) is 37.2 Å². The van der Waals surface area contributed by atoms with Gasteiger partial charge in [0.15, 0.2) is 5.82 Å². The van der Waals surface area contributed by atoms with Gasteiger partial charge in [-0.05, 0) is 81.4 Å². The number of aryl methyl sites for hydroxylation is 1. The molecule has 4 heterocycles. The molecule has 40 heavy (non-hydrogen) atoms. The molecule has 9 heteroatoms. The van der Waals surface area contributed by atoms with E-state index in [2.05, 4.69) is 58.2 Å². The molecule has 9 nitrogen and oxygen atoms in total. The standard InChI is InChI=1S/C31H39N7O2/c1-21-15-25(16-27(40-3)22(21)2)37-18-28(32-20-37)33-31-34-29-23(17-36-12-5-4-6-13-36)9-7-11-26(29)30(35-31)38-14-8-10-24(38)19-39/h7,9,11,15-16,18,20,24,39H,4-6,8,10,12-14,17,19H2,1-3H3,(H,33,34,35)/t24-/m0/s1. The summed E-state index contributed by atoms with van der Waals surface area (Å²) in [4.78, 5) is 19.5. The third kappa shape index (κ3) is 5.23. The molecule has 4 aromatic rings. The fourth-order valence-corrected chi connectivity index (χ4v) is 6.07. The summed E-state index contributed by atoms with van der Waals surface area (Å²) in [5.74, 6) is 2.91. The summed E-state index contributed by atoms with van der Waals surface area (Å²) in [5.41, 5.74) is 5.43. The van der Waals surface area contributed by atoms with E-state index < -0.39 is 0 Å². The number of hydrogen-bond acceptors (Lipinski definition) is 8. The Labute approximate surface area is 235 Å². The van der Waals surface area contributed by atoms with Gasteiger partial charge >= 0.3 is 0 Å². The smallest absolute Gasteiger partial charge is 0.230 e. The van der Waals surface area contributed by atoms with Gasteiger partial charge < -0.3 is 24.6 Å². The number of para-hydroxylation sites is 1. The summed E-state index contributed by atoms with van der Waals surface area (Å²) >= 11 is 0. The Hall–Kier alpha value is -3.69. The van der Waals surface area contributed by atoms with Crippen LogP contribution in [0.15, 0.2) is 42.9 Å². The number of anilines is 3. The average molecular weight is 542 g/mol. The maximum Gasteiger partial charge on any atom is 0.230 e. The van der Waals surface area contributed by atoms with Crippen LogP contribution in [-0.2, 0) is 6.54 Å². The molecule has 2 aromatic heterocycles. The molecule has 2 saturated heterocycles. The summed E-state index contributed by atoms with van der Waals surface area (Å²) < 4.78 is 7.56. The van der Waals surface area contributed by atoms with Gasteiger partial charge in [-0.3, -0.25) is 4.90 Å². The fraction of sp³-hybridized carbons (Fsp3) is 0.452. The topological polar surface area (TPSA) is 91.6 Å². The first-order chi connectivity index (χ1) is 19.5. The first-order valence-electron chi connectivity index (χ1n) is 14.4. The lowest BCUT2D eigenvalue weighted by Crippen LogP contribution is -2.33. The van der Waals surface area contributed by atoms with Crippen molar-refractivity contribution in [1.82, 2.24) is 24.4 Å². The van der Waals surface area contributed by atoms with Crippen LogP contribution in [0, 0.1) is 13.8 Å². The van der Waals surface area contributed by atoms with Crippen LogP contribution >= 0.6 is 0 Å². The van der Waals surface area contributed by atoms with Crippen molar-refractivity contribution in [3.05, 3.63) is 59.5 Å². The molecule has 2 fully saturated rings. The molecule has 0 radical (unpaired) electrons. The molecule has 1 atom stereocenters. The summed E-state index contributed by atoms with van der Waals surface area (Å²) in [7, 11) is 1.70. The molecule has 0 bridgehead atoms. The second-order valence-electron chi connectivity index (χ2n) is 11.1. The number of aliphatic hydroxyl groups is 1. The predicted molar refractivity (Wildman–Crippen MR) is 159 cm³/mol. The van der Waals surface area contributed by atoms with Crippen molar-refractivity contribution in [3.8, 4) is 11.4 Å². The lowest BCUT2D eigenvalue weighted by molar-refractivity contribution is 0.221. The number of aliphatic hydroxyl groups excluding tert-OH is 1. The van der Waals surface area contributed by atoms with Crippen LogP contribution in [0.1, 0.15) is 48.8 Å². The molecular formula is C31H39N7O2. The average Bonchev–Trinajstić information content (AvgIpc) is 3.65. The van der Waals surface area contributed by atoms with Crippen LogP contribution in [0.3, 0.4) is 0 Å². The van der Waals surface area contributed by atoms with Gasteiger partial charge in [-0.15, -0.1) is 0 Å². The van der Waals surface area contributed by atoms with E-state index in [1.807, 2.05) is 16.8 Å². The minimum atomic E-state index is 0.0654. The lowest BCUT2D eigenvalue weighted by Gasteiger charge is -2.28. The van der Waals surface area contributed by atoms with Gasteiger partial charge in [-0.25, -0.2) is 9.97 Å². The Morgan fingerprint density at radius 3 is 2.70 bits per heavy atom. The van der Waals surface area contributed by atoms with E-state index in [1.54, 1.807) is 13.4 Å². The molecule has 2 aliphatic heterocycles. The largest absolute Gasteiger partial charge is 0.496 e. The van der Waals surface area contributed by atoms with E-state index in [0.717, 1.165) is 78.3 Å². The third-order valence-corrected chi connectivity index (χ3v) is 8.44. The molecule has 2 N–H and O–H groups in total. The summed E-state index contributed by atoms with van der Waals surface area (Å²) in [6.45, 7) is 8.26. The maximum absolute atomic E-state index is 10.1. The molecule has 0 aliphatic carbocycles. The van der Waals surface area contributed by atoms with Gasteiger partial charge in [0.25, 0.3) is 0 Å². The highest BCUT2D eigenvalue weighted by Crippen LogP contribution is 2.34. The van der Waals surface area contributed by atoms with Crippen molar-refractivity contribution >= 4 is 28.5 Å². The number of imidazole rings is 1. The Kier molecular flexibility index (Phi) is 7.58. The number of fused-ring (bicyclic) bond motifs is 1. The molecule has 0 saturated carbocycles. The van der Waals surface area contributed by atoms with Crippen LogP contribution in [-0.4, -0.2) is 68.9 Å². The summed E-state index contributed by atoms with van der Waals surface area (Å²) in [6.07, 6.45) is 9.54. The molecule has 0 spiro atoms. The molecule has 2 aliphatic rings. The summed E-state index contributed by atoms with van der Waals surface area (Å²) in [6, 6.07) is 10.6. The van der Waals surface area contributed by atoms with E-state index in [-0.39, 0.29) is 12.6 Å². The lowest BCUT2D eigenvalue weighted by atomic mass is 10.1. The normalized spacial score (nSPS) is 18.0. The van der Waals surface area contributed by atoms with Crippen LogP contribution < -0.4 is 15.0 Å². The van der Waals surface area contributed by atoms with Gasteiger partial charge in [-0.2, -0.15) is 4.98 Å². The number of likely N-dealkylation sites (tertiary alicyclic amines) is 1. The van der Waals surface area contributed by atoms with Crippen LogP contribution in [0.2, 0.25) is 0 Å². The zero-order valence-corrected chi connectivity index (χ0v) is 23.7. The van der Waals surface area contributed by atoms with E-state index in [1.165, 1.54) is 24.8 Å². The maximum atomic E-state index is 10.1. The Balaban J connectivity index is 1.37. The van der Waals surface area contributed by atoms with Crippen molar-refractivity contribution in [2.24, 2.45) is 0 Å². The highest BCUT2D eigenvalue weighted by Gasteiger charge is 2.28. The number of aromatic nitrogens is 4. The monoisotopic (exact) mass is 541 g/mol. The molecule has 6 rings (SSSR count). The Morgan fingerprint density at radius 2 is 1.90 bits per heavy atom. The fourth-order valence-electron chi connectivity index (χ4n) is 6.07. The van der Waals surface area contributed by atoms with Crippen LogP contribution in [0.4, 0.5) is 17.6 Å². The predicted octanol–water partition coefficient (Wildman–Crippen LogP) is 5.13. The molecule has 0 amide bonds. The zero-order valence-electron chi connectivity index (χ0n) is 23.7. The van der Waals surface area contributed by atoms with Crippen molar-refractivity contribution in [2.45, 2.75) is 58.5 Å². The number of nitrogens with zero attached hydrogens (tertiary/aromatic N) is 6. The quantitative estimate of drug-likeness (QED) is 0.317. The van der Waals surface area contributed by atoms with E-state index >= 15 is 0 Å². The van der Waals surface area contributed by atoms with Crippen molar-refractivity contribution in [3.63, 3.8) is 0 Å². The Morgan fingerprint density at radius 1 is 1.05 bits per heavy atom. The minimum absolute atomic E-state index is 0.0654. The first kappa shape index (κ1) is 26.5. The molecule has 210 valence electrons. The van der Waals surface area contributed by atoms with Gasteiger partial charge in [0.1, 0.15) is 17.9 Å². The van der Waals surface area contributed by atoms with Gasteiger partial charge in [0.2, 0.25) is 5.95 Å². The number of methoxy groups -OCH3 is 1. The van der Waals surface area contributed by atoms with E-state index in [9.17, 15) is 5.11 Å². The Bertz CT molecular complexity index is 1490. The SMILES string of the molecule is COc1cc(-n2cnc(Nc3nc(N4CCC[C@H]4CO)c4cccc(CN5CCCCC5)c4n3)c2)cc(C)c1C. The zero-order chi connectivity index (χ0) is 27.6. The summed E-state index contributed by atoms with van der Waals surface area (Å²) in [5, 5.41) is 14.5. The second kappa shape index (κ2) is 11.4. The highest BCUT2D eigenvalue weighted by atomic mass is 16.5. The number of ether oxygens (including phenoxy) is 1. The molecule has 0 unspecified atom stereocenters. The van der Waals surface area contributed by atoms with Gasteiger partial charge in [0, 0.05) is 24.5 Å². The first-order valence-corrected chi connectivity index (χ1v) is 14.4. The van der Waals surface area contributed by atoms with Crippen molar-refractivity contribution < 1.29 is 9.84 Å². The number of rotatable bonds is 8. The molecular weight excluding hydrogens is 502 g/mol. The number of hydrogen-bond donors (Lipinski definition) is 2. The minimum Gasteiger partial charge on any atom is -0.496 e. The molecule has 2 aromatic carbocycles. The number of benzene rings is 2. The highest BCUT2D eigenvalue weighted by molar-refractivity contribution is 5.93. The van der Waals surface area contributed by atoms with Crippen molar-refractivity contribution in [2.75, 3.05) is 43.6 Å². The van der Waals surface area contributed by atoms with Gasteiger partial charge in [-0.1, -0.05) is 18.6 Å². The van der Waals surface area contributed by atoms with Crippen LogP contribution in [0.5, 0.6) is 5.75 Å². The van der Waals surface area contributed by atoms with E-state index in [4.69, 9.17) is 14.7 Å². The second-order valence-corrected chi connectivity index (χ2v) is 11.1.